The molecule has 1 aliphatic rings. The van der Waals surface area contributed by atoms with Crippen molar-refractivity contribution in [2.24, 2.45) is 5.92 Å². The molecule has 0 saturated carbocycles. The molecule has 0 spiro atoms. The quantitative estimate of drug-likeness (QED) is 0.818. The Kier molecular flexibility index (Phi) is 5.98. The van der Waals surface area contributed by atoms with Crippen molar-refractivity contribution in [3.63, 3.8) is 0 Å². The summed E-state index contributed by atoms with van der Waals surface area (Å²) in [6.45, 7) is 4.20. The lowest BCUT2D eigenvalue weighted by Crippen LogP contribution is -2.47. The summed E-state index contributed by atoms with van der Waals surface area (Å²) in [5, 5.41) is 4.43. The molecule has 1 N–H and O–H groups in total. The molecule has 1 fully saturated rings. The number of thioether (sulfide) groups is 1. The number of carbonyl (C=O) groups is 2. The number of thiophene rings is 1. The van der Waals surface area contributed by atoms with E-state index < -0.39 is 11.9 Å². The summed E-state index contributed by atoms with van der Waals surface area (Å²) in [6.07, 6.45) is 0.811. The van der Waals surface area contributed by atoms with Crippen LogP contribution in [-0.2, 0) is 4.79 Å². The molecule has 1 aromatic carbocycles. The minimum absolute atomic E-state index is 0.0547. The third-order valence-corrected chi connectivity index (χ3v) is 6.34. The largest absolute Gasteiger partial charge is 0.322 e. The van der Waals surface area contributed by atoms with Crippen LogP contribution in [0.25, 0.3) is 0 Å². The highest BCUT2D eigenvalue weighted by atomic mass is 32.2. The van der Waals surface area contributed by atoms with Gasteiger partial charge >= 0.3 is 0 Å². The van der Waals surface area contributed by atoms with Gasteiger partial charge in [-0.3, -0.25) is 9.59 Å². The molecule has 138 valence electrons. The van der Waals surface area contributed by atoms with Crippen LogP contribution in [0, 0.1) is 11.7 Å². The number of benzene rings is 1. The third-order valence-electron chi connectivity index (χ3n) is 4.17. The van der Waals surface area contributed by atoms with Crippen molar-refractivity contribution in [3.05, 3.63) is 52.5 Å². The number of para-hydroxylation sites is 1. The Labute approximate surface area is 160 Å². The fourth-order valence-corrected chi connectivity index (χ4v) is 5.24. The van der Waals surface area contributed by atoms with Gasteiger partial charge in [0.1, 0.15) is 11.9 Å². The maximum Gasteiger partial charge on any atom is 0.265 e. The van der Waals surface area contributed by atoms with Gasteiger partial charge in [0, 0.05) is 5.75 Å². The van der Waals surface area contributed by atoms with E-state index in [4.69, 9.17) is 0 Å². The van der Waals surface area contributed by atoms with Gasteiger partial charge in [0.25, 0.3) is 5.91 Å². The summed E-state index contributed by atoms with van der Waals surface area (Å²) >= 11 is 2.98. The van der Waals surface area contributed by atoms with Crippen molar-refractivity contribution in [2.45, 2.75) is 31.7 Å². The van der Waals surface area contributed by atoms with Gasteiger partial charge in [0.05, 0.1) is 15.9 Å². The van der Waals surface area contributed by atoms with E-state index in [1.807, 2.05) is 11.4 Å². The number of nitrogens with zero attached hydrogens (tertiary/aromatic N) is 1. The molecule has 0 bridgehead atoms. The van der Waals surface area contributed by atoms with E-state index in [1.165, 1.54) is 23.5 Å². The Balaban J connectivity index is 1.83. The van der Waals surface area contributed by atoms with Crippen LogP contribution in [0.4, 0.5) is 10.1 Å². The predicted molar refractivity (Wildman–Crippen MR) is 105 cm³/mol. The van der Waals surface area contributed by atoms with Crippen LogP contribution in [0.15, 0.2) is 41.8 Å². The number of anilines is 1. The Morgan fingerprint density at radius 3 is 2.69 bits per heavy atom. The summed E-state index contributed by atoms with van der Waals surface area (Å²) in [4.78, 5) is 28.1. The van der Waals surface area contributed by atoms with Gasteiger partial charge in [0.2, 0.25) is 5.91 Å². The van der Waals surface area contributed by atoms with Crippen LogP contribution >= 0.6 is 23.1 Å². The number of nitrogens with one attached hydrogen (secondary N) is 1. The molecule has 2 amide bonds. The first-order chi connectivity index (χ1) is 12.5. The van der Waals surface area contributed by atoms with E-state index in [0.717, 1.165) is 6.42 Å². The second-order valence-electron chi connectivity index (χ2n) is 6.59. The Hall–Kier alpha value is -1.86. The fourth-order valence-electron chi connectivity index (χ4n) is 2.93. The molecule has 2 heterocycles. The van der Waals surface area contributed by atoms with Crippen LogP contribution in [0.3, 0.4) is 0 Å². The molecule has 7 heteroatoms. The lowest BCUT2D eigenvalue weighted by atomic mass is 10.1. The van der Waals surface area contributed by atoms with Crippen molar-refractivity contribution in [1.82, 2.24) is 4.90 Å². The van der Waals surface area contributed by atoms with E-state index in [9.17, 15) is 14.0 Å². The molecule has 1 aromatic heterocycles. The Bertz CT molecular complexity index is 780. The van der Waals surface area contributed by atoms with Gasteiger partial charge in [-0.2, -0.15) is 0 Å². The molecule has 4 nitrogen and oxygen atoms in total. The molecule has 26 heavy (non-hydrogen) atoms. The second kappa shape index (κ2) is 8.22. The van der Waals surface area contributed by atoms with E-state index >= 15 is 0 Å². The van der Waals surface area contributed by atoms with Crippen molar-refractivity contribution >= 4 is 40.6 Å². The van der Waals surface area contributed by atoms with Crippen molar-refractivity contribution in [2.75, 3.05) is 11.1 Å². The number of hydrogen-bond donors (Lipinski definition) is 1. The fraction of sp³-hybridized carbons (Fsp3) is 0.368. The van der Waals surface area contributed by atoms with Crippen LogP contribution in [0.5, 0.6) is 0 Å². The molecule has 1 saturated heterocycles. The monoisotopic (exact) mass is 392 g/mol. The molecular formula is C19H21FN2O2S2. The first-order valence-electron chi connectivity index (χ1n) is 8.50. The Morgan fingerprint density at radius 1 is 1.27 bits per heavy atom. The standard InChI is InChI=1S/C19H21FN2O2S2/c1-12(2)10-17-22(19(24)16-8-5-9-25-16)15(11-26-17)18(23)21-14-7-4-3-6-13(14)20/h3-9,12,15,17H,10-11H2,1-2H3,(H,21,23)/t15-,17+/m1/s1. The van der Waals surface area contributed by atoms with Gasteiger partial charge in [0.15, 0.2) is 0 Å². The zero-order valence-electron chi connectivity index (χ0n) is 14.6. The SMILES string of the molecule is CC(C)C[C@@H]1SC[C@H](C(=O)Nc2ccccc2F)N1C(=O)c1cccs1. The molecule has 3 rings (SSSR count). The second-order valence-corrected chi connectivity index (χ2v) is 8.75. The molecule has 0 unspecified atom stereocenters. The zero-order chi connectivity index (χ0) is 18.7. The average molecular weight is 393 g/mol. The van der Waals surface area contributed by atoms with Crippen LogP contribution in [-0.4, -0.2) is 33.9 Å². The number of halogens is 1. The van der Waals surface area contributed by atoms with Gasteiger partial charge in [-0.1, -0.05) is 32.0 Å². The highest BCUT2D eigenvalue weighted by molar-refractivity contribution is 8.00. The van der Waals surface area contributed by atoms with Gasteiger partial charge < -0.3 is 10.2 Å². The first kappa shape index (κ1) is 18.9. The first-order valence-corrected chi connectivity index (χ1v) is 10.4. The van der Waals surface area contributed by atoms with E-state index in [0.29, 0.717) is 16.5 Å². The third kappa shape index (κ3) is 4.10. The molecular weight excluding hydrogens is 371 g/mol. The minimum Gasteiger partial charge on any atom is -0.322 e. The topological polar surface area (TPSA) is 49.4 Å². The number of hydrogen-bond acceptors (Lipinski definition) is 4. The van der Waals surface area contributed by atoms with Crippen LogP contribution < -0.4 is 5.32 Å². The van der Waals surface area contributed by atoms with Crippen LogP contribution in [0.1, 0.15) is 29.9 Å². The summed E-state index contributed by atoms with van der Waals surface area (Å²) in [7, 11) is 0. The lowest BCUT2D eigenvalue weighted by Gasteiger charge is -2.29. The molecule has 0 radical (unpaired) electrons. The zero-order valence-corrected chi connectivity index (χ0v) is 16.3. The lowest BCUT2D eigenvalue weighted by molar-refractivity contribution is -0.119. The predicted octanol–water partition coefficient (Wildman–Crippen LogP) is 4.46. The van der Waals surface area contributed by atoms with E-state index in [2.05, 4.69) is 19.2 Å². The highest BCUT2D eigenvalue weighted by Gasteiger charge is 2.42. The Morgan fingerprint density at radius 2 is 2.04 bits per heavy atom. The van der Waals surface area contributed by atoms with Gasteiger partial charge in [-0.25, -0.2) is 4.39 Å². The smallest absolute Gasteiger partial charge is 0.265 e. The summed E-state index contributed by atoms with van der Waals surface area (Å²) in [5.41, 5.74) is 0.137. The van der Waals surface area contributed by atoms with Crippen molar-refractivity contribution in [1.29, 1.82) is 0 Å². The normalized spacial score (nSPS) is 19.8. The number of carbonyl (C=O) groups excluding carboxylic acids is 2. The van der Waals surface area contributed by atoms with E-state index in [-0.39, 0.29) is 22.9 Å². The number of amides is 2. The summed E-state index contributed by atoms with van der Waals surface area (Å²) in [6, 6.07) is 9.04. The highest BCUT2D eigenvalue weighted by Crippen LogP contribution is 2.35. The summed E-state index contributed by atoms with van der Waals surface area (Å²) in [5.74, 6) is -0.0570. The maximum absolute atomic E-state index is 13.9. The molecule has 0 aliphatic carbocycles. The average Bonchev–Trinajstić information content (AvgIpc) is 3.25. The van der Waals surface area contributed by atoms with Crippen molar-refractivity contribution in [3.8, 4) is 0 Å². The molecule has 2 aromatic rings. The summed E-state index contributed by atoms with van der Waals surface area (Å²) < 4.78 is 13.9. The molecule has 2 atom stereocenters. The molecule has 1 aliphatic heterocycles. The minimum atomic E-state index is -0.613. The van der Waals surface area contributed by atoms with Crippen LogP contribution in [0.2, 0.25) is 0 Å². The van der Waals surface area contributed by atoms with E-state index in [1.54, 1.807) is 34.9 Å². The van der Waals surface area contributed by atoms with Gasteiger partial charge in [-0.05, 0) is 35.9 Å². The van der Waals surface area contributed by atoms with Crippen molar-refractivity contribution < 1.29 is 14.0 Å². The van der Waals surface area contributed by atoms with Gasteiger partial charge in [-0.15, -0.1) is 23.1 Å². The number of rotatable bonds is 5. The maximum atomic E-state index is 13.9.